The normalized spacial score (nSPS) is 21.6. The monoisotopic (exact) mass is 266 g/mol. The number of methoxy groups -OCH3 is 1. The maximum absolute atomic E-state index is 11.0. The Labute approximate surface area is 111 Å². The Hall–Kier alpha value is -1.82. The van der Waals surface area contributed by atoms with Crippen LogP contribution in [0.25, 0.3) is 0 Å². The molecule has 1 aromatic rings. The molecule has 1 aliphatic carbocycles. The predicted molar refractivity (Wildman–Crippen MR) is 70.7 cm³/mol. The van der Waals surface area contributed by atoms with Crippen LogP contribution in [0.1, 0.15) is 12.8 Å². The van der Waals surface area contributed by atoms with Crippen molar-refractivity contribution < 1.29 is 14.4 Å². The number of nitrogens with zero attached hydrogens (tertiary/aromatic N) is 1. The topological polar surface area (TPSA) is 73.6 Å². The third-order valence-corrected chi connectivity index (χ3v) is 3.34. The fourth-order valence-corrected chi connectivity index (χ4v) is 2.27. The van der Waals surface area contributed by atoms with Crippen LogP contribution < -0.4 is 14.8 Å². The average Bonchev–Trinajstić information content (AvgIpc) is 2.36. The van der Waals surface area contributed by atoms with E-state index in [1.54, 1.807) is 12.1 Å². The van der Waals surface area contributed by atoms with E-state index in [9.17, 15) is 10.1 Å². The first-order chi connectivity index (χ1) is 9.13. The van der Waals surface area contributed by atoms with Gasteiger partial charge in [0.2, 0.25) is 0 Å². The summed E-state index contributed by atoms with van der Waals surface area (Å²) in [6, 6.07) is 4.66. The van der Waals surface area contributed by atoms with Crippen molar-refractivity contribution in [2.24, 2.45) is 5.92 Å². The number of nitrogens with one attached hydrogen (secondary N) is 1. The summed E-state index contributed by atoms with van der Waals surface area (Å²) in [5, 5.41) is 14.1. The minimum absolute atomic E-state index is 0.0450. The lowest BCUT2D eigenvalue weighted by atomic mass is 9.82. The largest absolute Gasteiger partial charge is 0.496 e. The summed E-state index contributed by atoms with van der Waals surface area (Å²) in [4.78, 5) is 10.6. The molecule has 1 N–H and O–H groups in total. The number of ether oxygens (including phenoxy) is 2. The van der Waals surface area contributed by atoms with Crippen LogP contribution in [0, 0.1) is 16.0 Å². The summed E-state index contributed by atoms with van der Waals surface area (Å²) in [7, 11) is 3.40. The molecule has 0 amide bonds. The van der Waals surface area contributed by atoms with Crippen molar-refractivity contribution in [2.75, 3.05) is 20.7 Å². The molecule has 6 nitrogen and oxygen atoms in total. The van der Waals surface area contributed by atoms with Gasteiger partial charge in [-0.15, -0.1) is 0 Å². The standard InChI is InChI=1S/C13H18N2O4/c1-14-8-9-5-11(6-9)19-13-4-3-10(18-2)7-12(13)15(16)17/h3-4,7,9,11,14H,5-6,8H2,1-2H3. The SMILES string of the molecule is CNCC1CC(Oc2ccc(OC)cc2[N+](=O)[O-])C1. The summed E-state index contributed by atoms with van der Waals surface area (Å²) in [6.45, 7) is 0.963. The summed E-state index contributed by atoms with van der Waals surface area (Å²) >= 11 is 0. The fraction of sp³-hybridized carbons (Fsp3) is 0.538. The minimum atomic E-state index is -0.443. The molecule has 0 spiro atoms. The van der Waals surface area contributed by atoms with Crippen molar-refractivity contribution in [3.05, 3.63) is 28.3 Å². The van der Waals surface area contributed by atoms with Crippen LogP contribution in [0.15, 0.2) is 18.2 Å². The Morgan fingerprint density at radius 2 is 2.21 bits per heavy atom. The molecule has 1 saturated carbocycles. The Morgan fingerprint density at radius 3 is 2.79 bits per heavy atom. The first-order valence-electron chi connectivity index (χ1n) is 6.27. The number of hydrogen-bond acceptors (Lipinski definition) is 5. The molecule has 0 unspecified atom stereocenters. The van der Waals surface area contributed by atoms with E-state index in [2.05, 4.69) is 5.32 Å². The predicted octanol–water partition coefficient (Wildman–Crippen LogP) is 1.98. The molecule has 0 radical (unpaired) electrons. The number of nitro benzene ring substituents is 1. The molecule has 0 bridgehead atoms. The zero-order valence-electron chi connectivity index (χ0n) is 11.1. The molecular formula is C13H18N2O4. The van der Waals surface area contributed by atoms with E-state index < -0.39 is 4.92 Å². The quantitative estimate of drug-likeness (QED) is 0.629. The Morgan fingerprint density at radius 1 is 1.47 bits per heavy atom. The highest BCUT2D eigenvalue weighted by molar-refractivity contribution is 5.51. The van der Waals surface area contributed by atoms with Gasteiger partial charge in [0.1, 0.15) is 5.75 Å². The Balaban J connectivity index is 2.02. The van der Waals surface area contributed by atoms with E-state index in [1.807, 2.05) is 7.05 Å². The van der Waals surface area contributed by atoms with Crippen LogP contribution >= 0.6 is 0 Å². The molecule has 1 fully saturated rings. The molecule has 0 heterocycles. The van der Waals surface area contributed by atoms with Crippen molar-refractivity contribution in [3.63, 3.8) is 0 Å². The van der Waals surface area contributed by atoms with Gasteiger partial charge in [0, 0.05) is 0 Å². The van der Waals surface area contributed by atoms with Crippen molar-refractivity contribution in [1.29, 1.82) is 0 Å². The summed E-state index contributed by atoms with van der Waals surface area (Å²) in [6.07, 6.45) is 1.94. The van der Waals surface area contributed by atoms with Crippen LogP contribution in [-0.2, 0) is 0 Å². The third kappa shape index (κ3) is 3.14. The molecule has 0 aliphatic heterocycles. The first-order valence-corrected chi connectivity index (χ1v) is 6.27. The highest BCUT2D eigenvalue weighted by Crippen LogP contribution is 2.36. The van der Waals surface area contributed by atoms with Gasteiger partial charge in [-0.3, -0.25) is 10.1 Å². The second-order valence-electron chi connectivity index (χ2n) is 4.73. The minimum Gasteiger partial charge on any atom is -0.496 e. The van der Waals surface area contributed by atoms with Gasteiger partial charge < -0.3 is 14.8 Å². The summed E-state index contributed by atoms with van der Waals surface area (Å²) < 4.78 is 10.7. The lowest BCUT2D eigenvalue weighted by molar-refractivity contribution is -0.386. The maximum atomic E-state index is 11.0. The van der Waals surface area contributed by atoms with Crippen LogP contribution in [0.2, 0.25) is 0 Å². The molecule has 1 aliphatic rings. The first kappa shape index (κ1) is 13.6. The maximum Gasteiger partial charge on any atom is 0.314 e. The Bertz CT molecular complexity index is 458. The van der Waals surface area contributed by atoms with E-state index in [4.69, 9.17) is 9.47 Å². The smallest absolute Gasteiger partial charge is 0.314 e. The van der Waals surface area contributed by atoms with Crippen LogP contribution in [0.4, 0.5) is 5.69 Å². The molecule has 19 heavy (non-hydrogen) atoms. The number of rotatable bonds is 6. The lowest BCUT2D eigenvalue weighted by Crippen LogP contribution is -2.38. The van der Waals surface area contributed by atoms with Gasteiger partial charge in [0.25, 0.3) is 0 Å². The van der Waals surface area contributed by atoms with Crippen LogP contribution in [-0.4, -0.2) is 31.7 Å². The van der Waals surface area contributed by atoms with Gasteiger partial charge in [0.15, 0.2) is 5.75 Å². The molecule has 2 rings (SSSR count). The van der Waals surface area contributed by atoms with Crippen LogP contribution in [0.5, 0.6) is 11.5 Å². The van der Waals surface area contributed by atoms with E-state index >= 15 is 0 Å². The van der Waals surface area contributed by atoms with Gasteiger partial charge in [0.05, 0.1) is 24.2 Å². The molecule has 0 saturated heterocycles. The van der Waals surface area contributed by atoms with E-state index in [0.717, 1.165) is 19.4 Å². The second kappa shape index (κ2) is 5.88. The van der Waals surface area contributed by atoms with E-state index in [1.165, 1.54) is 13.2 Å². The summed E-state index contributed by atoms with van der Waals surface area (Å²) in [5.74, 6) is 1.38. The molecule has 1 aromatic carbocycles. The molecule has 6 heteroatoms. The molecule has 0 aromatic heterocycles. The van der Waals surface area contributed by atoms with Crippen molar-refractivity contribution in [1.82, 2.24) is 5.32 Å². The van der Waals surface area contributed by atoms with Crippen LogP contribution in [0.3, 0.4) is 0 Å². The van der Waals surface area contributed by atoms with Crippen molar-refractivity contribution in [3.8, 4) is 11.5 Å². The van der Waals surface area contributed by atoms with Gasteiger partial charge in [-0.05, 0) is 44.5 Å². The fourth-order valence-electron chi connectivity index (χ4n) is 2.27. The lowest BCUT2D eigenvalue weighted by Gasteiger charge is -2.35. The molecular weight excluding hydrogens is 248 g/mol. The number of nitro groups is 1. The zero-order chi connectivity index (χ0) is 13.8. The average molecular weight is 266 g/mol. The molecule has 0 atom stereocenters. The van der Waals surface area contributed by atoms with E-state index in [-0.39, 0.29) is 11.8 Å². The van der Waals surface area contributed by atoms with Crippen molar-refractivity contribution in [2.45, 2.75) is 18.9 Å². The van der Waals surface area contributed by atoms with Crippen molar-refractivity contribution >= 4 is 5.69 Å². The van der Waals surface area contributed by atoms with E-state index in [0.29, 0.717) is 17.4 Å². The number of benzene rings is 1. The van der Waals surface area contributed by atoms with Gasteiger partial charge >= 0.3 is 5.69 Å². The zero-order valence-corrected chi connectivity index (χ0v) is 11.1. The number of hydrogen-bond donors (Lipinski definition) is 1. The van der Waals surface area contributed by atoms with Gasteiger partial charge in [-0.25, -0.2) is 0 Å². The van der Waals surface area contributed by atoms with Gasteiger partial charge in [-0.2, -0.15) is 0 Å². The third-order valence-electron chi connectivity index (χ3n) is 3.34. The summed E-state index contributed by atoms with van der Waals surface area (Å²) in [5.41, 5.74) is -0.0450. The Kier molecular flexibility index (Phi) is 4.21. The highest BCUT2D eigenvalue weighted by atomic mass is 16.6. The second-order valence-corrected chi connectivity index (χ2v) is 4.73. The highest BCUT2D eigenvalue weighted by Gasteiger charge is 2.31. The molecule has 104 valence electrons. The van der Waals surface area contributed by atoms with Gasteiger partial charge in [-0.1, -0.05) is 0 Å².